The van der Waals surface area contributed by atoms with Crippen LogP contribution in [0.1, 0.15) is 0 Å². The van der Waals surface area contributed by atoms with Crippen LogP contribution >= 0.6 is 22.7 Å². The zero-order valence-corrected chi connectivity index (χ0v) is 33.0. The number of hydrogen-bond acceptors (Lipinski definition) is 3. The van der Waals surface area contributed by atoms with Gasteiger partial charge >= 0.3 is 0 Å². The highest BCUT2D eigenvalue weighted by Crippen LogP contribution is 2.47. The predicted octanol–water partition coefficient (Wildman–Crippen LogP) is 16.3. The lowest BCUT2D eigenvalue weighted by Crippen LogP contribution is -2.10. The van der Waals surface area contributed by atoms with Crippen LogP contribution < -0.4 is 4.90 Å². The maximum absolute atomic E-state index is 2.45. The molecule has 0 saturated heterocycles. The van der Waals surface area contributed by atoms with Crippen LogP contribution in [-0.2, 0) is 0 Å². The lowest BCUT2D eigenvalue weighted by atomic mass is 9.98. The summed E-state index contributed by atoms with van der Waals surface area (Å²) in [6, 6.07) is 75.6. The Balaban J connectivity index is 0.945. The zero-order chi connectivity index (χ0) is 38.2. The van der Waals surface area contributed by atoms with Crippen LogP contribution in [-0.4, -0.2) is 4.57 Å². The molecule has 12 rings (SSSR count). The molecule has 0 aliphatic carbocycles. The van der Waals surface area contributed by atoms with E-state index in [1.165, 1.54) is 95.8 Å². The summed E-state index contributed by atoms with van der Waals surface area (Å²) in [6.07, 6.45) is 0. The summed E-state index contributed by atoms with van der Waals surface area (Å²) in [7, 11) is 0. The highest BCUT2D eigenvalue weighted by Gasteiger charge is 2.20. The van der Waals surface area contributed by atoms with E-state index < -0.39 is 0 Å². The monoisotopic (exact) mass is 774 g/mol. The lowest BCUT2D eigenvalue weighted by molar-refractivity contribution is 1.18. The van der Waals surface area contributed by atoms with Crippen LogP contribution in [0.2, 0.25) is 0 Å². The summed E-state index contributed by atoms with van der Waals surface area (Å²) in [5.41, 5.74) is 11.9. The number of thiophene rings is 2. The van der Waals surface area contributed by atoms with Crippen molar-refractivity contribution in [2.24, 2.45) is 0 Å². The molecule has 0 fully saturated rings. The second-order valence-corrected chi connectivity index (χ2v) is 17.0. The van der Waals surface area contributed by atoms with Gasteiger partial charge in [-0.05, 0) is 83.4 Å². The Bertz CT molecular complexity index is 3460. The van der Waals surface area contributed by atoms with Gasteiger partial charge in [0.2, 0.25) is 0 Å². The molecule has 0 spiro atoms. The van der Waals surface area contributed by atoms with Gasteiger partial charge < -0.3 is 9.47 Å². The van der Waals surface area contributed by atoms with E-state index in [1.807, 2.05) is 22.7 Å². The number of anilines is 3. The minimum Gasteiger partial charge on any atom is -0.309 e. The first-order chi connectivity index (χ1) is 28.8. The van der Waals surface area contributed by atoms with Gasteiger partial charge in [-0.25, -0.2) is 0 Å². The quantitative estimate of drug-likeness (QED) is 0.163. The Morgan fingerprint density at radius 3 is 1.59 bits per heavy atom. The van der Waals surface area contributed by atoms with E-state index in [0.29, 0.717) is 0 Å². The summed E-state index contributed by atoms with van der Waals surface area (Å²) in [6.45, 7) is 0. The van der Waals surface area contributed by atoms with Crippen molar-refractivity contribution in [1.82, 2.24) is 4.57 Å². The maximum Gasteiger partial charge on any atom is 0.0640 e. The smallest absolute Gasteiger partial charge is 0.0640 e. The minimum absolute atomic E-state index is 1.13. The predicted molar refractivity (Wildman–Crippen MR) is 252 cm³/mol. The SMILES string of the molecule is c1ccc(-n2c3ccccc3c3ccccc32)c(-c2ccc(-c3ccc(N(c4ccc5sc6ccccc6c5c4)c4cccc5c4sc4ccccc45)cc3)cc2)c1. The molecule has 12 aromatic rings. The van der Waals surface area contributed by atoms with Gasteiger partial charge in [0.15, 0.2) is 0 Å². The summed E-state index contributed by atoms with van der Waals surface area (Å²) < 4.78 is 7.64. The molecule has 0 amide bonds. The standard InChI is InChI=1S/C54H34N2S2/c1-6-18-47(56-48-19-7-2-13-41(48)42-14-3-8-20-49(42)56)40(12-1)37-26-24-35(25-27-37)36-28-30-38(31-29-36)55(39-32-33-53-46(34-39)44-16-5-9-22-51(44)57-53)50-21-11-17-45-43-15-4-10-23-52(43)58-54(45)50/h1-34H. The number of aromatic nitrogens is 1. The highest BCUT2D eigenvalue weighted by molar-refractivity contribution is 7.26. The second kappa shape index (κ2) is 13.3. The van der Waals surface area contributed by atoms with Crippen LogP contribution in [0.15, 0.2) is 206 Å². The molecular weight excluding hydrogens is 741 g/mol. The van der Waals surface area contributed by atoms with Crippen LogP contribution in [0, 0.1) is 0 Å². The van der Waals surface area contributed by atoms with E-state index in [4.69, 9.17) is 0 Å². The van der Waals surface area contributed by atoms with Crippen molar-refractivity contribution >= 4 is 102 Å². The Kier molecular flexibility index (Phi) is 7.62. The first-order valence-electron chi connectivity index (χ1n) is 19.7. The average molecular weight is 775 g/mol. The Hall–Kier alpha value is -6.98. The molecule has 9 aromatic carbocycles. The molecule has 2 nitrogen and oxygen atoms in total. The third kappa shape index (κ3) is 5.23. The van der Waals surface area contributed by atoms with Gasteiger partial charge in [0, 0.05) is 63.4 Å². The molecule has 0 saturated carbocycles. The van der Waals surface area contributed by atoms with Crippen molar-refractivity contribution in [3.05, 3.63) is 206 Å². The topological polar surface area (TPSA) is 8.17 Å². The normalized spacial score (nSPS) is 11.8. The molecule has 0 aliphatic rings. The van der Waals surface area contributed by atoms with E-state index in [1.54, 1.807) is 0 Å². The number of benzene rings is 9. The number of fused-ring (bicyclic) bond motifs is 9. The Labute approximate surface area is 343 Å². The number of nitrogens with zero attached hydrogens (tertiary/aromatic N) is 2. The van der Waals surface area contributed by atoms with Crippen LogP contribution in [0.4, 0.5) is 17.1 Å². The molecule has 4 heteroatoms. The Morgan fingerprint density at radius 2 is 0.862 bits per heavy atom. The number of rotatable bonds is 6. The molecule has 58 heavy (non-hydrogen) atoms. The molecule has 3 aromatic heterocycles. The molecule has 0 bridgehead atoms. The summed E-state index contributed by atoms with van der Waals surface area (Å²) in [5, 5.41) is 7.74. The van der Waals surface area contributed by atoms with Gasteiger partial charge in [-0.1, -0.05) is 140 Å². The van der Waals surface area contributed by atoms with Crippen molar-refractivity contribution in [2.75, 3.05) is 4.90 Å². The number of para-hydroxylation sites is 3. The van der Waals surface area contributed by atoms with Crippen molar-refractivity contribution in [3.8, 4) is 27.9 Å². The van der Waals surface area contributed by atoms with Gasteiger partial charge in [0.25, 0.3) is 0 Å². The molecular formula is C54H34N2S2. The van der Waals surface area contributed by atoms with E-state index in [2.05, 4.69) is 216 Å². The van der Waals surface area contributed by atoms with E-state index >= 15 is 0 Å². The van der Waals surface area contributed by atoms with Crippen molar-refractivity contribution in [1.29, 1.82) is 0 Å². The molecule has 3 heterocycles. The first kappa shape index (κ1) is 33.2. The van der Waals surface area contributed by atoms with Crippen molar-refractivity contribution < 1.29 is 0 Å². The Morgan fingerprint density at radius 1 is 0.345 bits per heavy atom. The molecule has 0 radical (unpaired) electrons. The highest BCUT2D eigenvalue weighted by atomic mass is 32.1. The fourth-order valence-corrected chi connectivity index (χ4v) is 11.2. The van der Waals surface area contributed by atoms with Gasteiger partial charge in [-0.15, -0.1) is 22.7 Å². The molecule has 0 aliphatic heterocycles. The largest absolute Gasteiger partial charge is 0.309 e. The van der Waals surface area contributed by atoms with E-state index in [9.17, 15) is 0 Å². The van der Waals surface area contributed by atoms with E-state index in [0.717, 1.165) is 11.4 Å². The zero-order valence-electron chi connectivity index (χ0n) is 31.3. The molecule has 0 unspecified atom stereocenters. The lowest BCUT2D eigenvalue weighted by Gasteiger charge is -2.26. The fourth-order valence-electron chi connectivity index (χ4n) is 8.93. The third-order valence-electron chi connectivity index (χ3n) is 11.6. The summed E-state index contributed by atoms with van der Waals surface area (Å²) in [4.78, 5) is 2.45. The van der Waals surface area contributed by atoms with Gasteiger partial charge in [0.1, 0.15) is 0 Å². The summed E-state index contributed by atoms with van der Waals surface area (Å²) >= 11 is 3.73. The fraction of sp³-hybridized carbons (Fsp3) is 0. The van der Waals surface area contributed by atoms with Gasteiger partial charge in [-0.3, -0.25) is 0 Å². The second-order valence-electron chi connectivity index (χ2n) is 14.9. The number of hydrogen-bond donors (Lipinski definition) is 0. The molecule has 272 valence electrons. The first-order valence-corrected chi connectivity index (χ1v) is 21.3. The van der Waals surface area contributed by atoms with Crippen LogP contribution in [0.25, 0.3) is 90.1 Å². The molecule has 0 atom stereocenters. The third-order valence-corrected chi connectivity index (χ3v) is 14.0. The van der Waals surface area contributed by atoms with Gasteiger partial charge in [-0.2, -0.15) is 0 Å². The van der Waals surface area contributed by atoms with Crippen molar-refractivity contribution in [3.63, 3.8) is 0 Å². The average Bonchev–Trinajstić information content (AvgIpc) is 3.97. The van der Waals surface area contributed by atoms with Crippen LogP contribution in [0.3, 0.4) is 0 Å². The van der Waals surface area contributed by atoms with Crippen molar-refractivity contribution in [2.45, 2.75) is 0 Å². The minimum atomic E-state index is 1.13. The van der Waals surface area contributed by atoms with Crippen LogP contribution in [0.5, 0.6) is 0 Å². The summed E-state index contributed by atoms with van der Waals surface area (Å²) in [5.74, 6) is 0. The van der Waals surface area contributed by atoms with Gasteiger partial charge in [0.05, 0.1) is 27.1 Å². The molecule has 0 N–H and O–H groups in total. The maximum atomic E-state index is 2.45. The van der Waals surface area contributed by atoms with E-state index in [-0.39, 0.29) is 0 Å².